The van der Waals surface area contributed by atoms with Crippen LogP contribution in [0.1, 0.15) is 22.5 Å². The number of hydrogen-bond donors (Lipinski definition) is 0. The zero-order valence-electron chi connectivity index (χ0n) is 17.9. The maximum Gasteiger partial charge on any atom is 0.418 e. The Kier molecular flexibility index (Phi) is 8.43. The minimum absolute atomic E-state index is 0.0752. The monoisotopic (exact) mass is 688 g/mol. The molecule has 2 aromatic carbocycles. The standard InChI is InChI=1S/C22H8Cl6F6N2S2/c23-19(24,25)15-7-13(9-3-1-5-11(17(9)35-15)21(29,30)31)37-38-14-8-16(20(26,27)28)36-18-10(14)4-2-6-12(18)22(32,33)34/h1-8H. The van der Waals surface area contributed by atoms with Crippen LogP contribution in [0.3, 0.4) is 0 Å². The topological polar surface area (TPSA) is 25.8 Å². The van der Waals surface area contributed by atoms with E-state index < -0.39 is 42.1 Å². The molecule has 0 atom stereocenters. The number of benzene rings is 2. The van der Waals surface area contributed by atoms with E-state index >= 15 is 0 Å². The molecule has 0 amide bonds. The summed E-state index contributed by atoms with van der Waals surface area (Å²) in [6.07, 6.45) is -9.52. The Balaban J connectivity index is 1.91. The molecule has 0 aliphatic rings. The van der Waals surface area contributed by atoms with Crippen LogP contribution in [0.2, 0.25) is 0 Å². The van der Waals surface area contributed by atoms with Crippen LogP contribution in [0, 0.1) is 0 Å². The fraction of sp³-hybridized carbons (Fsp3) is 0.182. The van der Waals surface area contributed by atoms with E-state index in [0.29, 0.717) is 0 Å². The lowest BCUT2D eigenvalue weighted by molar-refractivity contribution is -0.137. The van der Waals surface area contributed by atoms with Crippen LogP contribution in [0.4, 0.5) is 26.3 Å². The van der Waals surface area contributed by atoms with Gasteiger partial charge in [0, 0.05) is 20.6 Å². The number of hydrogen-bond acceptors (Lipinski definition) is 4. The number of para-hydroxylation sites is 2. The summed E-state index contributed by atoms with van der Waals surface area (Å²) in [5.74, 6) is 0. The van der Waals surface area contributed by atoms with E-state index in [9.17, 15) is 26.3 Å². The molecule has 0 aliphatic carbocycles. The highest BCUT2D eigenvalue weighted by Gasteiger charge is 2.37. The van der Waals surface area contributed by atoms with Crippen molar-refractivity contribution in [2.75, 3.05) is 0 Å². The average molecular weight is 691 g/mol. The van der Waals surface area contributed by atoms with E-state index in [0.717, 1.165) is 33.7 Å². The quantitative estimate of drug-likeness (QED) is 0.121. The third-order valence-electron chi connectivity index (χ3n) is 5.02. The van der Waals surface area contributed by atoms with Gasteiger partial charge in [0.05, 0.1) is 33.5 Å². The summed E-state index contributed by atoms with van der Waals surface area (Å²) in [4.78, 5) is 8.26. The van der Waals surface area contributed by atoms with Crippen LogP contribution >= 0.6 is 91.2 Å². The highest BCUT2D eigenvalue weighted by atomic mass is 35.6. The molecule has 4 rings (SSSR count). The third-order valence-corrected chi connectivity index (χ3v) is 8.62. The lowest BCUT2D eigenvalue weighted by atomic mass is 10.1. The van der Waals surface area contributed by atoms with E-state index in [1.165, 1.54) is 36.4 Å². The first-order valence-corrected chi connectivity index (χ1v) is 14.3. The Hall–Kier alpha value is -0.720. The van der Waals surface area contributed by atoms with E-state index in [2.05, 4.69) is 9.97 Å². The normalized spacial score (nSPS) is 13.5. The van der Waals surface area contributed by atoms with Gasteiger partial charge >= 0.3 is 12.4 Å². The van der Waals surface area contributed by atoms with Crippen molar-refractivity contribution in [3.8, 4) is 0 Å². The molecular weight excluding hydrogens is 683 g/mol. The predicted molar refractivity (Wildman–Crippen MR) is 144 cm³/mol. The first kappa shape index (κ1) is 30.2. The van der Waals surface area contributed by atoms with E-state index in [-0.39, 0.29) is 32.0 Å². The summed E-state index contributed by atoms with van der Waals surface area (Å²) in [5.41, 5.74) is -3.60. The van der Waals surface area contributed by atoms with Gasteiger partial charge in [-0.3, -0.25) is 0 Å². The summed E-state index contributed by atoms with van der Waals surface area (Å²) < 4.78 is 77.9. The second-order valence-corrected chi connectivity index (χ2v) is 14.3. The van der Waals surface area contributed by atoms with Gasteiger partial charge in [0.25, 0.3) is 0 Å². The molecule has 0 saturated heterocycles. The van der Waals surface area contributed by atoms with Crippen molar-refractivity contribution < 1.29 is 26.3 Å². The number of fused-ring (bicyclic) bond motifs is 2. The van der Waals surface area contributed by atoms with Gasteiger partial charge in [-0.2, -0.15) is 26.3 Å². The lowest BCUT2D eigenvalue weighted by Gasteiger charge is -2.18. The second kappa shape index (κ2) is 10.6. The number of aromatic nitrogens is 2. The molecule has 0 radical (unpaired) electrons. The largest absolute Gasteiger partial charge is 0.418 e. The van der Waals surface area contributed by atoms with Crippen LogP contribution in [0.5, 0.6) is 0 Å². The minimum Gasteiger partial charge on any atom is -0.248 e. The van der Waals surface area contributed by atoms with Crippen LogP contribution in [-0.4, -0.2) is 9.97 Å². The Bertz CT molecular complexity index is 1420. The summed E-state index contributed by atoms with van der Waals surface area (Å²) in [6, 6.07) is 9.40. The molecule has 0 bridgehead atoms. The van der Waals surface area contributed by atoms with E-state index in [1.54, 1.807) is 0 Å². The molecule has 0 fully saturated rings. The van der Waals surface area contributed by atoms with Gasteiger partial charge in [-0.25, -0.2) is 9.97 Å². The van der Waals surface area contributed by atoms with E-state index in [1.807, 2.05) is 0 Å². The number of rotatable bonds is 3. The second-order valence-electron chi connectivity index (χ2n) is 7.57. The molecule has 4 aromatic rings. The highest BCUT2D eigenvalue weighted by molar-refractivity contribution is 8.76. The van der Waals surface area contributed by atoms with Gasteiger partial charge < -0.3 is 0 Å². The van der Waals surface area contributed by atoms with Gasteiger partial charge in [-0.1, -0.05) is 115 Å². The van der Waals surface area contributed by atoms with Crippen LogP contribution in [0.15, 0.2) is 58.3 Å². The number of alkyl halides is 12. The van der Waals surface area contributed by atoms with Crippen molar-refractivity contribution in [1.82, 2.24) is 9.97 Å². The molecule has 38 heavy (non-hydrogen) atoms. The number of halogens is 12. The average Bonchev–Trinajstić information content (AvgIpc) is 2.78. The van der Waals surface area contributed by atoms with Gasteiger partial charge in [-0.05, 0) is 24.3 Å². The molecule has 0 spiro atoms. The van der Waals surface area contributed by atoms with Crippen LogP contribution < -0.4 is 0 Å². The summed E-state index contributed by atoms with van der Waals surface area (Å²) in [5, 5.41) is 0.150. The Morgan fingerprint density at radius 1 is 0.553 bits per heavy atom. The zero-order valence-corrected chi connectivity index (χ0v) is 24.0. The molecule has 0 unspecified atom stereocenters. The lowest BCUT2D eigenvalue weighted by Crippen LogP contribution is -2.10. The molecule has 16 heteroatoms. The first-order valence-electron chi connectivity index (χ1n) is 9.88. The predicted octanol–water partition coefficient (Wildman–Crippen LogP) is 11.3. The number of nitrogens with zero attached hydrogens (tertiary/aromatic N) is 2. The van der Waals surface area contributed by atoms with Crippen molar-refractivity contribution in [1.29, 1.82) is 0 Å². The van der Waals surface area contributed by atoms with Crippen molar-refractivity contribution in [2.45, 2.75) is 29.7 Å². The zero-order chi connectivity index (χ0) is 28.3. The Morgan fingerprint density at radius 3 is 1.18 bits per heavy atom. The van der Waals surface area contributed by atoms with Crippen molar-refractivity contribution >= 4 is 113 Å². The fourth-order valence-electron chi connectivity index (χ4n) is 3.41. The smallest absolute Gasteiger partial charge is 0.248 e. The first-order chi connectivity index (χ1) is 17.4. The Labute approximate surface area is 248 Å². The van der Waals surface area contributed by atoms with Gasteiger partial charge in [0.15, 0.2) is 0 Å². The SMILES string of the molecule is FC(F)(F)c1cccc2c(SSc3cc(C(Cl)(Cl)Cl)nc4c(C(F)(F)F)cccc34)cc(C(Cl)(Cl)Cl)nc12. The van der Waals surface area contributed by atoms with E-state index in [4.69, 9.17) is 69.6 Å². The third kappa shape index (κ3) is 6.43. The maximum absolute atomic E-state index is 13.7. The van der Waals surface area contributed by atoms with Gasteiger partial charge in [0.2, 0.25) is 7.59 Å². The van der Waals surface area contributed by atoms with Gasteiger partial charge in [-0.15, -0.1) is 0 Å². The van der Waals surface area contributed by atoms with Gasteiger partial charge in [0.1, 0.15) is 0 Å². The maximum atomic E-state index is 13.7. The molecule has 0 aliphatic heterocycles. The molecule has 0 N–H and O–H groups in total. The minimum atomic E-state index is -4.76. The van der Waals surface area contributed by atoms with Crippen LogP contribution in [-0.2, 0) is 19.9 Å². The molecule has 2 heterocycles. The molecular formula is C22H8Cl6F6N2S2. The van der Waals surface area contributed by atoms with Crippen molar-refractivity contribution in [3.05, 3.63) is 71.0 Å². The molecule has 2 aromatic heterocycles. The highest BCUT2D eigenvalue weighted by Crippen LogP contribution is 2.49. The van der Waals surface area contributed by atoms with Crippen molar-refractivity contribution in [2.24, 2.45) is 0 Å². The fourth-order valence-corrected chi connectivity index (χ4v) is 6.37. The molecule has 0 saturated carbocycles. The summed E-state index contributed by atoms with van der Waals surface area (Å²) in [7, 11) is 1.79. The molecule has 2 nitrogen and oxygen atoms in total. The van der Waals surface area contributed by atoms with Crippen LogP contribution in [0.25, 0.3) is 21.8 Å². The summed E-state index contributed by atoms with van der Waals surface area (Å²) in [6.45, 7) is 0. The molecule has 202 valence electrons. The summed E-state index contributed by atoms with van der Waals surface area (Å²) >= 11 is 35.6. The Morgan fingerprint density at radius 2 is 0.895 bits per heavy atom. The van der Waals surface area contributed by atoms with Crippen molar-refractivity contribution in [3.63, 3.8) is 0 Å². The number of pyridine rings is 2.